The van der Waals surface area contributed by atoms with Crippen LogP contribution < -0.4 is 5.73 Å². The van der Waals surface area contributed by atoms with E-state index in [1.807, 2.05) is 42.8 Å². The minimum absolute atomic E-state index is 0.646. The van der Waals surface area contributed by atoms with Crippen LogP contribution in [0.1, 0.15) is 5.56 Å². The van der Waals surface area contributed by atoms with Crippen molar-refractivity contribution in [3.8, 4) is 11.4 Å². The fourth-order valence-electron chi connectivity index (χ4n) is 1.96. The van der Waals surface area contributed by atoms with E-state index in [9.17, 15) is 0 Å². The van der Waals surface area contributed by atoms with Gasteiger partial charge in [-0.15, -0.1) is 0 Å². The van der Waals surface area contributed by atoms with Crippen LogP contribution in [-0.4, -0.2) is 19.2 Å². The maximum atomic E-state index is 6.13. The zero-order valence-corrected chi connectivity index (χ0v) is 9.75. The van der Waals surface area contributed by atoms with Crippen molar-refractivity contribution in [2.75, 3.05) is 5.73 Å². The Kier molecular flexibility index (Phi) is 1.95. The van der Waals surface area contributed by atoms with E-state index in [0.717, 1.165) is 22.6 Å². The molecular formula is C12H13N5. The van der Waals surface area contributed by atoms with E-state index in [-0.39, 0.29) is 0 Å². The number of hydrogen-bond acceptors (Lipinski definition) is 3. The molecule has 2 N–H and O–H groups in total. The predicted molar refractivity (Wildman–Crippen MR) is 66.5 cm³/mol. The van der Waals surface area contributed by atoms with Crippen LogP contribution in [-0.2, 0) is 7.05 Å². The Hall–Kier alpha value is -2.30. The summed E-state index contributed by atoms with van der Waals surface area (Å²) in [6.45, 7) is 2.03. The van der Waals surface area contributed by atoms with E-state index in [1.54, 1.807) is 10.9 Å². The largest absolute Gasteiger partial charge is 0.383 e. The van der Waals surface area contributed by atoms with Crippen LogP contribution in [0.3, 0.4) is 0 Å². The number of imidazole rings is 1. The first-order valence-electron chi connectivity index (χ1n) is 5.39. The Morgan fingerprint density at radius 2 is 2.06 bits per heavy atom. The third-order valence-electron chi connectivity index (χ3n) is 2.87. The second-order valence-corrected chi connectivity index (χ2v) is 4.12. The number of hydrogen-bond donors (Lipinski definition) is 1. The number of anilines is 1. The second-order valence-electron chi connectivity index (χ2n) is 4.12. The van der Waals surface area contributed by atoms with E-state index in [2.05, 4.69) is 10.1 Å². The highest BCUT2D eigenvalue weighted by Crippen LogP contribution is 2.25. The lowest BCUT2D eigenvalue weighted by molar-refractivity contribution is 0.774. The summed E-state index contributed by atoms with van der Waals surface area (Å²) in [5.41, 5.74) is 9.82. The summed E-state index contributed by atoms with van der Waals surface area (Å²) in [7, 11) is 1.88. The lowest BCUT2D eigenvalue weighted by Gasteiger charge is -2.00. The molecule has 3 rings (SSSR count). The molecule has 3 heterocycles. The molecule has 0 aromatic carbocycles. The quantitative estimate of drug-likeness (QED) is 0.687. The van der Waals surface area contributed by atoms with E-state index in [1.165, 1.54) is 0 Å². The molecule has 0 aliphatic heterocycles. The van der Waals surface area contributed by atoms with Crippen molar-refractivity contribution in [2.45, 2.75) is 6.92 Å². The van der Waals surface area contributed by atoms with Gasteiger partial charge in [0, 0.05) is 19.4 Å². The first-order valence-corrected chi connectivity index (χ1v) is 5.39. The average molecular weight is 227 g/mol. The summed E-state index contributed by atoms with van der Waals surface area (Å²) in [5.74, 6) is 0.646. The molecule has 3 aromatic rings. The summed E-state index contributed by atoms with van der Waals surface area (Å²) >= 11 is 0. The number of nitrogens with two attached hydrogens (primary N) is 1. The smallest absolute Gasteiger partial charge is 0.139 e. The van der Waals surface area contributed by atoms with E-state index in [4.69, 9.17) is 5.73 Å². The lowest BCUT2D eigenvalue weighted by atomic mass is 10.3. The first kappa shape index (κ1) is 9.89. The van der Waals surface area contributed by atoms with Gasteiger partial charge in [-0.2, -0.15) is 5.10 Å². The summed E-state index contributed by atoms with van der Waals surface area (Å²) < 4.78 is 3.67. The molecule has 0 unspecified atom stereocenters. The summed E-state index contributed by atoms with van der Waals surface area (Å²) in [5, 5.41) is 4.13. The Labute approximate surface area is 98.5 Å². The molecule has 86 valence electrons. The Morgan fingerprint density at radius 1 is 1.24 bits per heavy atom. The first-order chi connectivity index (χ1) is 8.16. The van der Waals surface area contributed by atoms with Gasteiger partial charge in [-0.05, 0) is 24.6 Å². The zero-order chi connectivity index (χ0) is 12.0. The Bertz CT molecular complexity index is 692. The summed E-state index contributed by atoms with van der Waals surface area (Å²) in [6.07, 6.45) is 3.72. The third kappa shape index (κ3) is 1.39. The second kappa shape index (κ2) is 3.35. The van der Waals surface area contributed by atoms with Gasteiger partial charge in [-0.25, -0.2) is 4.98 Å². The molecule has 0 saturated carbocycles. The van der Waals surface area contributed by atoms with Gasteiger partial charge < -0.3 is 5.73 Å². The number of fused-ring (bicyclic) bond motifs is 1. The molecule has 0 spiro atoms. The van der Waals surface area contributed by atoms with Crippen LogP contribution in [0.5, 0.6) is 0 Å². The fourth-order valence-corrected chi connectivity index (χ4v) is 1.96. The molecule has 3 aromatic heterocycles. The van der Waals surface area contributed by atoms with Crippen LogP contribution >= 0.6 is 0 Å². The monoisotopic (exact) mass is 227 g/mol. The van der Waals surface area contributed by atoms with Crippen molar-refractivity contribution >= 4 is 11.5 Å². The molecule has 17 heavy (non-hydrogen) atoms. The minimum Gasteiger partial charge on any atom is -0.383 e. The molecule has 0 atom stereocenters. The third-order valence-corrected chi connectivity index (χ3v) is 2.87. The van der Waals surface area contributed by atoms with Crippen molar-refractivity contribution in [3.05, 3.63) is 36.2 Å². The topological polar surface area (TPSA) is 61.1 Å². The summed E-state index contributed by atoms with van der Waals surface area (Å²) in [6, 6.07) is 5.89. The van der Waals surface area contributed by atoms with Crippen LogP contribution in [0.4, 0.5) is 5.82 Å². The van der Waals surface area contributed by atoms with Crippen LogP contribution in [0.2, 0.25) is 0 Å². The van der Waals surface area contributed by atoms with Gasteiger partial charge in [-0.1, -0.05) is 6.07 Å². The number of aromatic nitrogens is 4. The maximum absolute atomic E-state index is 6.13. The van der Waals surface area contributed by atoms with Gasteiger partial charge >= 0.3 is 0 Å². The van der Waals surface area contributed by atoms with Gasteiger partial charge in [0.1, 0.15) is 17.2 Å². The molecule has 0 amide bonds. The highest BCUT2D eigenvalue weighted by Gasteiger charge is 2.13. The molecule has 0 aliphatic rings. The summed E-state index contributed by atoms with van der Waals surface area (Å²) in [4.78, 5) is 4.53. The van der Waals surface area contributed by atoms with Crippen LogP contribution in [0, 0.1) is 6.92 Å². The molecule has 0 radical (unpaired) electrons. The minimum atomic E-state index is 0.646. The molecule has 0 saturated heterocycles. The highest BCUT2D eigenvalue weighted by molar-refractivity contribution is 5.72. The molecule has 5 heteroatoms. The number of aryl methyl sites for hydroxylation is 2. The normalized spacial score (nSPS) is 11.2. The maximum Gasteiger partial charge on any atom is 0.139 e. The van der Waals surface area contributed by atoms with E-state index in [0.29, 0.717) is 5.82 Å². The standard InChI is InChI=1S/C12H13N5/c1-8-3-4-10-15-11(12(13)17(10)7-8)9-5-6-14-16(9)2/h3-7H,13H2,1-2H3. The predicted octanol–water partition coefficient (Wildman–Crippen LogP) is 1.63. The Balaban J connectivity index is 2.32. The van der Waals surface area contributed by atoms with Gasteiger partial charge in [0.25, 0.3) is 0 Å². The molecule has 0 bridgehead atoms. The SMILES string of the molecule is Cc1ccc2nc(-c3ccnn3C)c(N)n2c1. The lowest BCUT2D eigenvalue weighted by Crippen LogP contribution is -1.98. The average Bonchev–Trinajstić information content (AvgIpc) is 2.84. The van der Waals surface area contributed by atoms with Gasteiger partial charge in [0.2, 0.25) is 0 Å². The number of rotatable bonds is 1. The van der Waals surface area contributed by atoms with Crippen LogP contribution in [0.25, 0.3) is 17.0 Å². The number of nitrogens with zero attached hydrogens (tertiary/aromatic N) is 4. The van der Waals surface area contributed by atoms with Gasteiger partial charge in [0.05, 0.1) is 5.69 Å². The highest BCUT2D eigenvalue weighted by atomic mass is 15.3. The van der Waals surface area contributed by atoms with Crippen molar-refractivity contribution in [1.82, 2.24) is 19.2 Å². The Morgan fingerprint density at radius 3 is 2.76 bits per heavy atom. The molecule has 0 fully saturated rings. The molecular weight excluding hydrogens is 214 g/mol. The van der Waals surface area contributed by atoms with Gasteiger partial charge in [-0.3, -0.25) is 9.08 Å². The zero-order valence-electron chi connectivity index (χ0n) is 9.75. The van der Waals surface area contributed by atoms with Crippen molar-refractivity contribution in [1.29, 1.82) is 0 Å². The van der Waals surface area contributed by atoms with Crippen LogP contribution in [0.15, 0.2) is 30.6 Å². The van der Waals surface area contributed by atoms with E-state index < -0.39 is 0 Å². The van der Waals surface area contributed by atoms with E-state index >= 15 is 0 Å². The van der Waals surface area contributed by atoms with Crippen molar-refractivity contribution in [2.24, 2.45) is 7.05 Å². The molecule has 0 aliphatic carbocycles. The number of pyridine rings is 1. The number of nitrogen functional groups attached to an aromatic ring is 1. The van der Waals surface area contributed by atoms with Gasteiger partial charge in [0.15, 0.2) is 0 Å². The fraction of sp³-hybridized carbons (Fsp3) is 0.167. The van der Waals surface area contributed by atoms with Crippen molar-refractivity contribution in [3.63, 3.8) is 0 Å². The molecule has 5 nitrogen and oxygen atoms in total. The van der Waals surface area contributed by atoms with Crippen molar-refractivity contribution < 1.29 is 0 Å².